The third-order valence-corrected chi connectivity index (χ3v) is 3.86. The fourth-order valence-corrected chi connectivity index (χ4v) is 2.36. The molecule has 2 rings (SSSR count). The number of aryl methyl sites for hydroxylation is 1. The molecule has 0 aliphatic rings. The molecule has 1 unspecified atom stereocenters. The number of hydrogen-bond acceptors (Lipinski definition) is 1. The smallest absolute Gasteiger partial charge is 0.220 e. The minimum atomic E-state index is -0.258. The van der Waals surface area contributed by atoms with Gasteiger partial charge >= 0.3 is 0 Å². The van der Waals surface area contributed by atoms with E-state index in [0.717, 1.165) is 10.0 Å². The van der Waals surface area contributed by atoms with Gasteiger partial charge in [0.05, 0.1) is 6.04 Å². The van der Waals surface area contributed by atoms with Gasteiger partial charge in [-0.3, -0.25) is 4.79 Å². The summed E-state index contributed by atoms with van der Waals surface area (Å²) < 4.78 is 14.5. The van der Waals surface area contributed by atoms with Crippen LogP contribution in [0.25, 0.3) is 0 Å². The van der Waals surface area contributed by atoms with E-state index >= 15 is 0 Å². The molecule has 0 radical (unpaired) electrons. The molecule has 0 fully saturated rings. The zero-order valence-corrected chi connectivity index (χ0v) is 13.4. The summed E-state index contributed by atoms with van der Waals surface area (Å²) in [6.07, 6.45) is 0.688. The van der Waals surface area contributed by atoms with Gasteiger partial charge in [0.25, 0.3) is 0 Å². The Morgan fingerprint density at radius 3 is 2.52 bits per heavy atom. The highest BCUT2D eigenvalue weighted by atomic mass is 79.9. The monoisotopic (exact) mass is 349 g/mol. The Bertz CT molecular complexity index is 612. The third kappa shape index (κ3) is 4.67. The van der Waals surface area contributed by atoms with Crippen LogP contribution in [0, 0.1) is 5.82 Å². The molecule has 110 valence electrons. The predicted octanol–water partition coefficient (Wildman–Crippen LogP) is 4.40. The summed E-state index contributed by atoms with van der Waals surface area (Å²) in [6.45, 7) is 1.93. The molecule has 0 aliphatic heterocycles. The number of benzene rings is 2. The number of nitrogens with one attached hydrogen (secondary N) is 1. The SMILES string of the molecule is CC(NC(=O)CCc1ccccc1F)c1ccc(Br)cc1. The number of rotatable bonds is 5. The first-order valence-corrected chi connectivity index (χ1v) is 7.64. The van der Waals surface area contributed by atoms with Crippen LogP contribution in [0.5, 0.6) is 0 Å². The Labute approximate surface area is 132 Å². The van der Waals surface area contributed by atoms with Crippen LogP contribution in [0.15, 0.2) is 53.0 Å². The highest BCUT2D eigenvalue weighted by Gasteiger charge is 2.10. The van der Waals surface area contributed by atoms with E-state index < -0.39 is 0 Å². The lowest BCUT2D eigenvalue weighted by Crippen LogP contribution is -2.26. The van der Waals surface area contributed by atoms with Crippen LogP contribution in [-0.2, 0) is 11.2 Å². The van der Waals surface area contributed by atoms with Crippen LogP contribution in [0.2, 0.25) is 0 Å². The molecule has 0 bridgehead atoms. The van der Waals surface area contributed by atoms with Crippen molar-refractivity contribution in [3.05, 3.63) is 69.9 Å². The standard InChI is InChI=1S/C17H17BrFNO/c1-12(13-6-9-15(18)10-7-13)20-17(21)11-8-14-4-2-3-5-16(14)19/h2-7,9-10,12H,8,11H2,1H3,(H,20,21). The molecule has 1 atom stereocenters. The van der Waals surface area contributed by atoms with Gasteiger partial charge in [-0.15, -0.1) is 0 Å². The summed E-state index contributed by atoms with van der Waals surface area (Å²) in [5.41, 5.74) is 1.61. The lowest BCUT2D eigenvalue weighted by molar-refractivity contribution is -0.121. The number of carbonyl (C=O) groups excluding carboxylic acids is 1. The largest absolute Gasteiger partial charge is 0.350 e. The van der Waals surface area contributed by atoms with E-state index in [1.165, 1.54) is 6.07 Å². The van der Waals surface area contributed by atoms with E-state index in [9.17, 15) is 9.18 Å². The lowest BCUT2D eigenvalue weighted by Gasteiger charge is -2.14. The zero-order valence-electron chi connectivity index (χ0n) is 11.8. The first-order chi connectivity index (χ1) is 10.1. The lowest BCUT2D eigenvalue weighted by atomic mass is 10.1. The molecule has 0 heterocycles. The van der Waals surface area contributed by atoms with Crippen molar-refractivity contribution in [3.8, 4) is 0 Å². The second kappa shape index (κ2) is 7.36. The van der Waals surface area contributed by atoms with Crippen molar-refractivity contribution in [1.82, 2.24) is 5.32 Å². The summed E-state index contributed by atoms with van der Waals surface area (Å²) in [7, 11) is 0. The third-order valence-electron chi connectivity index (χ3n) is 3.33. The highest BCUT2D eigenvalue weighted by molar-refractivity contribution is 9.10. The van der Waals surface area contributed by atoms with Gasteiger partial charge in [-0.25, -0.2) is 4.39 Å². The molecule has 0 saturated heterocycles. The molecule has 2 nitrogen and oxygen atoms in total. The average Bonchev–Trinajstić information content (AvgIpc) is 2.47. The maximum atomic E-state index is 13.5. The molecule has 0 spiro atoms. The molecule has 21 heavy (non-hydrogen) atoms. The molecule has 1 N–H and O–H groups in total. The van der Waals surface area contributed by atoms with Gasteiger partial charge in [0.2, 0.25) is 5.91 Å². The zero-order chi connectivity index (χ0) is 15.2. The fraction of sp³-hybridized carbons (Fsp3) is 0.235. The maximum Gasteiger partial charge on any atom is 0.220 e. The van der Waals surface area contributed by atoms with Crippen LogP contribution in [-0.4, -0.2) is 5.91 Å². The molecule has 2 aromatic carbocycles. The van der Waals surface area contributed by atoms with E-state index in [4.69, 9.17) is 0 Å². The van der Waals surface area contributed by atoms with Gasteiger partial charge in [0, 0.05) is 10.9 Å². The van der Waals surface area contributed by atoms with Crippen molar-refractivity contribution >= 4 is 21.8 Å². The number of carbonyl (C=O) groups is 1. The first kappa shape index (κ1) is 15.7. The Morgan fingerprint density at radius 2 is 1.86 bits per heavy atom. The van der Waals surface area contributed by atoms with Crippen molar-refractivity contribution in [1.29, 1.82) is 0 Å². The molecule has 4 heteroatoms. The van der Waals surface area contributed by atoms with Crippen molar-refractivity contribution in [2.24, 2.45) is 0 Å². The average molecular weight is 350 g/mol. The van der Waals surface area contributed by atoms with E-state index in [2.05, 4.69) is 21.2 Å². The van der Waals surface area contributed by atoms with E-state index in [1.807, 2.05) is 31.2 Å². The molecular formula is C17H17BrFNO. The second-order valence-electron chi connectivity index (χ2n) is 4.93. The van der Waals surface area contributed by atoms with E-state index in [-0.39, 0.29) is 24.2 Å². The molecule has 2 aromatic rings. The molecule has 1 amide bonds. The van der Waals surface area contributed by atoms with Crippen molar-refractivity contribution < 1.29 is 9.18 Å². The van der Waals surface area contributed by atoms with Crippen LogP contribution in [0.3, 0.4) is 0 Å². The normalized spacial score (nSPS) is 12.0. The number of halogens is 2. The quantitative estimate of drug-likeness (QED) is 0.851. The van der Waals surface area contributed by atoms with Gasteiger partial charge in [-0.1, -0.05) is 46.3 Å². The van der Waals surface area contributed by atoms with Crippen molar-refractivity contribution in [3.63, 3.8) is 0 Å². The molecular weight excluding hydrogens is 333 g/mol. The summed E-state index contributed by atoms with van der Waals surface area (Å²) in [4.78, 5) is 11.9. The summed E-state index contributed by atoms with van der Waals surface area (Å²) in [5, 5.41) is 2.93. The topological polar surface area (TPSA) is 29.1 Å². The van der Waals surface area contributed by atoms with Crippen molar-refractivity contribution in [2.75, 3.05) is 0 Å². The maximum absolute atomic E-state index is 13.5. The van der Waals surface area contributed by atoms with Gasteiger partial charge < -0.3 is 5.32 Å². The highest BCUT2D eigenvalue weighted by Crippen LogP contribution is 2.17. The minimum absolute atomic E-state index is 0.0637. The summed E-state index contributed by atoms with van der Waals surface area (Å²) >= 11 is 3.38. The van der Waals surface area contributed by atoms with E-state index in [1.54, 1.807) is 18.2 Å². The predicted molar refractivity (Wildman–Crippen MR) is 85.4 cm³/mol. The van der Waals surface area contributed by atoms with Crippen LogP contribution < -0.4 is 5.32 Å². The number of hydrogen-bond donors (Lipinski definition) is 1. The van der Waals surface area contributed by atoms with Gasteiger partial charge in [0.15, 0.2) is 0 Å². The van der Waals surface area contributed by atoms with Gasteiger partial charge in [-0.05, 0) is 42.7 Å². The Balaban J connectivity index is 1.87. The van der Waals surface area contributed by atoms with E-state index in [0.29, 0.717) is 12.0 Å². The van der Waals surface area contributed by atoms with Gasteiger partial charge in [0.1, 0.15) is 5.82 Å². The molecule has 0 aromatic heterocycles. The number of amides is 1. The Morgan fingerprint density at radius 1 is 1.19 bits per heavy atom. The van der Waals surface area contributed by atoms with Crippen molar-refractivity contribution in [2.45, 2.75) is 25.8 Å². The minimum Gasteiger partial charge on any atom is -0.350 e. The second-order valence-corrected chi connectivity index (χ2v) is 5.85. The summed E-state index contributed by atoms with van der Waals surface area (Å²) in [6, 6.07) is 14.3. The molecule has 0 saturated carbocycles. The molecule has 0 aliphatic carbocycles. The van der Waals surface area contributed by atoms with Crippen LogP contribution in [0.4, 0.5) is 4.39 Å². The first-order valence-electron chi connectivity index (χ1n) is 6.84. The fourth-order valence-electron chi connectivity index (χ4n) is 2.10. The Hall–Kier alpha value is -1.68. The van der Waals surface area contributed by atoms with Gasteiger partial charge in [-0.2, -0.15) is 0 Å². The van der Waals surface area contributed by atoms with Crippen LogP contribution in [0.1, 0.15) is 30.5 Å². The summed E-state index contributed by atoms with van der Waals surface area (Å²) in [5.74, 6) is -0.333. The van der Waals surface area contributed by atoms with Crippen LogP contribution >= 0.6 is 15.9 Å². The Kier molecular flexibility index (Phi) is 5.51.